The second-order valence-electron chi connectivity index (χ2n) is 0.537. The fourth-order valence-corrected chi connectivity index (χ4v) is 0. The van der Waals surface area contributed by atoms with Gasteiger partial charge in [-0.2, -0.15) is 0 Å². The third-order valence-corrected chi connectivity index (χ3v) is 0.915. The molecule has 0 amide bonds. The first-order valence-corrected chi connectivity index (χ1v) is 2.63. The summed E-state index contributed by atoms with van der Waals surface area (Å²) in [5, 5.41) is 0. The molecule has 0 aliphatic carbocycles. The predicted molar refractivity (Wildman–Crippen MR) is 21.5 cm³/mol. The number of hydrogen-bond acceptors (Lipinski definition) is 1. The summed E-state index contributed by atoms with van der Waals surface area (Å²) in [6, 6.07) is 0. The summed E-state index contributed by atoms with van der Waals surface area (Å²) in [5.74, 6) is 0. The number of alkyl halides is 2. The highest BCUT2D eigenvalue weighted by molar-refractivity contribution is 7.81. The Morgan fingerprint density at radius 1 is 2.00 bits per heavy atom. The van der Waals surface area contributed by atoms with Gasteiger partial charge in [-0.15, -0.1) is 0 Å². The van der Waals surface area contributed by atoms with Gasteiger partial charge in [0.05, 0.1) is 0 Å². The number of rotatable bonds is 1. The molecule has 2 atom stereocenters. The zero-order valence-corrected chi connectivity index (χ0v) is 4.17. The first-order chi connectivity index (χ1) is 2.64. The van der Waals surface area contributed by atoms with Crippen molar-refractivity contribution in [3.8, 4) is 0 Å². The average Bonchev–Trinajstić information content (AvgIpc) is 1.36. The highest BCUT2D eigenvalue weighted by Gasteiger charge is 2.04. The monoisotopic (exact) mass is 132 g/mol. The number of hydrogen-bond donors (Lipinski definition) is 1. The van der Waals surface area contributed by atoms with Crippen LogP contribution in [0.4, 0.5) is 4.39 Å². The lowest BCUT2D eigenvalue weighted by Gasteiger charge is -1.84. The van der Waals surface area contributed by atoms with Crippen LogP contribution < -0.4 is 0 Å². The minimum absolute atomic E-state index is 2.15. The maximum absolute atomic E-state index is 11.0. The minimum Gasteiger partial charge on any atom is -0.303 e. The molecular formula is CH2ClFO2S. The van der Waals surface area contributed by atoms with E-state index in [9.17, 15) is 8.60 Å². The lowest BCUT2D eigenvalue weighted by Crippen LogP contribution is -1.96. The molecule has 0 fully saturated rings. The predicted octanol–water partition coefficient (Wildman–Crippen LogP) is 0.700. The van der Waals surface area contributed by atoms with Crippen molar-refractivity contribution in [1.29, 1.82) is 0 Å². The molecule has 2 nitrogen and oxygen atoms in total. The molecule has 0 saturated carbocycles. The Morgan fingerprint density at radius 3 is 2.17 bits per heavy atom. The molecule has 0 heterocycles. The number of halogens is 2. The van der Waals surface area contributed by atoms with Crippen molar-refractivity contribution in [2.75, 3.05) is 0 Å². The van der Waals surface area contributed by atoms with Gasteiger partial charge in [0.1, 0.15) is 0 Å². The van der Waals surface area contributed by atoms with E-state index in [-0.39, 0.29) is 0 Å². The Kier molecular flexibility index (Phi) is 2.63. The van der Waals surface area contributed by atoms with E-state index in [0.717, 1.165) is 0 Å². The molecule has 0 saturated heterocycles. The van der Waals surface area contributed by atoms with E-state index in [1.54, 1.807) is 0 Å². The first-order valence-electron chi connectivity index (χ1n) is 1.02. The van der Waals surface area contributed by atoms with Crippen LogP contribution in [0.5, 0.6) is 0 Å². The Hall–Kier alpha value is 0.330. The Bertz CT molecular complexity index is 64.6. The average molecular weight is 133 g/mol. The Morgan fingerprint density at radius 2 is 2.17 bits per heavy atom. The molecule has 6 heavy (non-hydrogen) atoms. The largest absolute Gasteiger partial charge is 0.303 e. The maximum Gasteiger partial charge on any atom is 0.272 e. The molecule has 1 N–H and O–H groups in total. The molecule has 38 valence electrons. The van der Waals surface area contributed by atoms with Gasteiger partial charge in [-0.3, -0.25) is 0 Å². The molecule has 5 heteroatoms. The maximum atomic E-state index is 11.0. The van der Waals surface area contributed by atoms with Crippen LogP contribution in [0.25, 0.3) is 0 Å². The summed E-state index contributed by atoms with van der Waals surface area (Å²) in [7, 11) is 0. The van der Waals surface area contributed by atoms with Crippen LogP contribution in [0.2, 0.25) is 0 Å². The lowest BCUT2D eigenvalue weighted by molar-refractivity contribution is 0.486. The van der Waals surface area contributed by atoms with Gasteiger partial charge < -0.3 is 4.55 Å². The highest BCUT2D eigenvalue weighted by atomic mass is 35.5. The summed E-state index contributed by atoms with van der Waals surface area (Å²) in [4.78, 5) is -2.15. The van der Waals surface area contributed by atoms with Gasteiger partial charge in [-0.1, -0.05) is 11.6 Å². The van der Waals surface area contributed by atoms with Crippen molar-refractivity contribution >= 4 is 22.7 Å². The fraction of sp³-hybridized carbons (Fsp3) is 1.00. The smallest absolute Gasteiger partial charge is 0.272 e. The van der Waals surface area contributed by atoms with Gasteiger partial charge in [0.15, 0.2) is 0 Å². The molecule has 0 aromatic carbocycles. The normalized spacial score (nSPS) is 19.8. The van der Waals surface area contributed by atoms with Crippen LogP contribution in [0.1, 0.15) is 0 Å². The molecule has 0 bridgehead atoms. The van der Waals surface area contributed by atoms with Crippen molar-refractivity contribution in [3.05, 3.63) is 0 Å². The molecule has 0 aliphatic heterocycles. The second kappa shape index (κ2) is 2.49. The lowest BCUT2D eigenvalue weighted by atomic mass is 11.8. The van der Waals surface area contributed by atoms with E-state index in [4.69, 9.17) is 4.55 Å². The van der Waals surface area contributed by atoms with E-state index in [0.29, 0.717) is 0 Å². The van der Waals surface area contributed by atoms with Gasteiger partial charge in [0, 0.05) is 0 Å². The topological polar surface area (TPSA) is 37.3 Å². The summed E-state index contributed by atoms with van der Waals surface area (Å²) in [6.07, 6.45) is 0. The molecule has 0 rings (SSSR count). The third kappa shape index (κ3) is 2.56. The summed E-state index contributed by atoms with van der Waals surface area (Å²) in [5.41, 5.74) is 0. The van der Waals surface area contributed by atoms with Gasteiger partial charge in [0.25, 0.3) is 4.96 Å². The minimum atomic E-state index is -2.52. The Labute approximate surface area is 41.6 Å². The van der Waals surface area contributed by atoms with E-state index >= 15 is 0 Å². The van der Waals surface area contributed by atoms with Crippen LogP contribution in [-0.2, 0) is 11.1 Å². The van der Waals surface area contributed by atoms with Gasteiger partial charge >= 0.3 is 0 Å². The summed E-state index contributed by atoms with van der Waals surface area (Å²) < 4.78 is 27.9. The van der Waals surface area contributed by atoms with Crippen LogP contribution in [-0.4, -0.2) is 13.7 Å². The molecule has 0 aromatic heterocycles. The van der Waals surface area contributed by atoms with Gasteiger partial charge in [-0.25, -0.2) is 8.60 Å². The van der Waals surface area contributed by atoms with E-state index in [1.165, 1.54) is 0 Å². The third-order valence-electron chi connectivity index (χ3n) is 0.152. The van der Waals surface area contributed by atoms with Crippen LogP contribution in [0, 0.1) is 0 Å². The molecule has 0 radical (unpaired) electrons. The summed E-state index contributed by atoms with van der Waals surface area (Å²) >= 11 is 1.88. The van der Waals surface area contributed by atoms with Crippen molar-refractivity contribution < 1.29 is 13.2 Å². The SMILES string of the molecule is O=S(O)C(F)Cl. The van der Waals surface area contributed by atoms with Gasteiger partial charge in [0.2, 0.25) is 11.1 Å². The highest BCUT2D eigenvalue weighted by Crippen LogP contribution is 1.98. The summed E-state index contributed by atoms with van der Waals surface area (Å²) in [6.45, 7) is 0. The van der Waals surface area contributed by atoms with Crippen molar-refractivity contribution in [2.45, 2.75) is 4.96 Å². The fourth-order valence-electron chi connectivity index (χ4n) is 0. The van der Waals surface area contributed by atoms with Crippen molar-refractivity contribution in [1.82, 2.24) is 0 Å². The van der Waals surface area contributed by atoms with Gasteiger partial charge in [-0.05, 0) is 0 Å². The molecular weight excluding hydrogens is 131 g/mol. The van der Waals surface area contributed by atoms with Crippen LogP contribution >= 0.6 is 11.6 Å². The molecule has 2 unspecified atom stereocenters. The molecule has 0 aromatic rings. The van der Waals surface area contributed by atoms with E-state index < -0.39 is 16.0 Å². The first kappa shape index (κ1) is 6.33. The van der Waals surface area contributed by atoms with E-state index in [2.05, 4.69) is 11.6 Å². The molecule has 0 aliphatic rings. The van der Waals surface area contributed by atoms with Crippen molar-refractivity contribution in [3.63, 3.8) is 0 Å². The van der Waals surface area contributed by atoms with Crippen molar-refractivity contribution in [2.24, 2.45) is 0 Å². The quantitative estimate of drug-likeness (QED) is 0.421. The van der Waals surface area contributed by atoms with E-state index in [1.807, 2.05) is 0 Å². The Balaban J connectivity index is 3.26. The van der Waals surface area contributed by atoms with Crippen LogP contribution in [0.15, 0.2) is 0 Å². The standard InChI is InChI=1S/CH2ClFO2S/c2-1(3)6(4)5/h1H,(H,4,5). The van der Waals surface area contributed by atoms with Crippen LogP contribution in [0.3, 0.4) is 0 Å². The zero-order valence-electron chi connectivity index (χ0n) is 2.60. The zero-order chi connectivity index (χ0) is 5.15. The molecule has 0 spiro atoms. The second-order valence-corrected chi connectivity index (χ2v) is 2.14.